The van der Waals surface area contributed by atoms with E-state index >= 15 is 0 Å². The molecule has 0 saturated heterocycles. The van der Waals surface area contributed by atoms with Gasteiger partial charge in [0.1, 0.15) is 5.75 Å². The van der Waals surface area contributed by atoms with Crippen LogP contribution in [0.4, 0.5) is 11.4 Å². The highest BCUT2D eigenvalue weighted by atomic mass is 16.5. The van der Waals surface area contributed by atoms with Crippen LogP contribution in [0.2, 0.25) is 0 Å². The molecule has 1 aliphatic rings. The Bertz CT molecular complexity index is 828. The Kier molecular flexibility index (Phi) is 8.27. The summed E-state index contributed by atoms with van der Waals surface area (Å²) < 4.78 is 5.14. The summed E-state index contributed by atoms with van der Waals surface area (Å²) in [5, 5.41) is 7.93. The molecule has 0 atom stereocenters. The molecule has 0 bridgehead atoms. The number of quaternary nitrogens is 1. The van der Waals surface area contributed by atoms with E-state index in [4.69, 9.17) is 4.74 Å². The van der Waals surface area contributed by atoms with Crippen molar-refractivity contribution in [3.8, 4) is 5.75 Å². The molecule has 2 aromatic carbocycles. The van der Waals surface area contributed by atoms with Gasteiger partial charge in [-0.15, -0.1) is 0 Å². The first-order valence-corrected chi connectivity index (χ1v) is 10.8. The second-order valence-corrected chi connectivity index (χ2v) is 7.82. The summed E-state index contributed by atoms with van der Waals surface area (Å²) >= 11 is 0. The van der Waals surface area contributed by atoms with E-state index in [1.807, 2.05) is 6.07 Å². The van der Waals surface area contributed by atoms with Crippen LogP contribution in [-0.4, -0.2) is 31.5 Å². The van der Waals surface area contributed by atoms with Gasteiger partial charge in [-0.1, -0.05) is 31.4 Å². The molecule has 6 heteroatoms. The van der Waals surface area contributed by atoms with Crippen molar-refractivity contribution >= 4 is 23.2 Å². The van der Waals surface area contributed by atoms with E-state index < -0.39 is 0 Å². The van der Waals surface area contributed by atoms with Gasteiger partial charge in [-0.2, -0.15) is 0 Å². The molecule has 1 aliphatic carbocycles. The van der Waals surface area contributed by atoms with Crippen molar-refractivity contribution in [1.29, 1.82) is 0 Å². The summed E-state index contributed by atoms with van der Waals surface area (Å²) in [7, 11) is 1.60. The maximum absolute atomic E-state index is 12.7. The van der Waals surface area contributed by atoms with Gasteiger partial charge in [0, 0.05) is 5.69 Å². The molecule has 0 spiro atoms. The molecule has 6 nitrogen and oxygen atoms in total. The standard InChI is InChI=1S/C24H31N3O3/c1-30-20-15-13-19(14-16-20)26-24(29)21-11-7-8-12-22(21)27-23(28)17-25-18-9-5-3-2-4-6-10-18/h7-8,11-16,18,25H,2-6,9-10,17H2,1H3,(H,26,29)(H,27,28)/p+1. The predicted molar refractivity (Wildman–Crippen MR) is 119 cm³/mol. The van der Waals surface area contributed by atoms with Gasteiger partial charge in [-0.05, 0) is 62.1 Å². The molecule has 1 saturated carbocycles. The van der Waals surface area contributed by atoms with Crippen molar-refractivity contribution in [3.63, 3.8) is 0 Å². The van der Waals surface area contributed by atoms with Crippen LogP contribution < -0.4 is 20.7 Å². The highest BCUT2D eigenvalue weighted by Crippen LogP contribution is 2.19. The molecular formula is C24H32N3O3+. The number of ether oxygens (including phenoxy) is 1. The Morgan fingerprint density at radius 2 is 1.60 bits per heavy atom. The van der Waals surface area contributed by atoms with Crippen LogP contribution >= 0.6 is 0 Å². The van der Waals surface area contributed by atoms with Gasteiger partial charge in [0.05, 0.1) is 24.4 Å². The zero-order valence-corrected chi connectivity index (χ0v) is 17.7. The smallest absolute Gasteiger partial charge is 0.279 e. The maximum Gasteiger partial charge on any atom is 0.279 e. The SMILES string of the molecule is COc1ccc(NC(=O)c2ccccc2NC(=O)C[NH2+]C2CCCCCCC2)cc1. The fourth-order valence-electron chi connectivity index (χ4n) is 3.86. The number of amides is 2. The third-order valence-corrected chi connectivity index (χ3v) is 5.58. The molecule has 0 aromatic heterocycles. The van der Waals surface area contributed by atoms with Crippen molar-refractivity contribution in [1.82, 2.24) is 0 Å². The lowest BCUT2D eigenvalue weighted by Crippen LogP contribution is -2.91. The number of benzene rings is 2. The Hall–Kier alpha value is -2.86. The maximum atomic E-state index is 12.7. The fraction of sp³-hybridized carbons (Fsp3) is 0.417. The number of carbonyl (C=O) groups excluding carboxylic acids is 2. The van der Waals surface area contributed by atoms with Crippen LogP contribution in [0.1, 0.15) is 55.3 Å². The van der Waals surface area contributed by atoms with E-state index in [9.17, 15) is 9.59 Å². The van der Waals surface area contributed by atoms with E-state index in [-0.39, 0.29) is 11.8 Å². The average Bonchev–Trinajstić information content (AvgIpc) is 2.74. The molecule has 0 radical (unpaired) electrons. The minimum atomic E-state index is -0.264. The van der Waals surface area contributed by atoms with Crippen molar-refractivity contribution in [2.45, 2.75) is 51.0 Å². The molecule has 2 aromatic rings. The highest BCUT2D eigenvalue weighted by Gasteiger charge is 2.18. The summed E-state index contributed by atoms with van der Waals surface area (Å²) in [6.07, 6.45) is 8.78. The Morgan fingerprint density at radius 3 is 2.30 bits per heavy atom. The molecule has 4 N–H and O–H groups in total. The summed E-state index contributed by atoms with van der Waals surface area (Å²) in [6.45, 7) is 0.374. The van der Waals surface area contributed by atoms with Crippen LogP contribution in [0, 0.1) is 0 Å². The highest BCUT2D eigenvalue weighted by molar-refractivity contribution is 6.10. The third kappa shape index (κ3) is 6.59. The van der Waals surface area contributed by atoms with Gasteiger partial charge in [0.25, 0.3) is 11.8 Å². The zero-order chi connectivity index (χ0) is 21.2. The van der Waals surface area contributed by atoms with Crippen LogP contribution in [-0.2, 0) is 4.79 Å². The topological polar surface area (TPSA) is 84.0 Å². The third-order valence-electron chi connectivity index (χ3n) is 5.58. The first-order chi connectivity index (χ1) is 14.7. The van der Waals surface area contributed by atoms with E-state index in [0.717, 1.165) is 5.75 Å². The second-order valence-electron chi connectivity index (χ2n) is 7.82. The molecule has 1 fully saturated rings. The van der Waals surface area contributed by atoms with Crippen LogP contribution in [0.25, 0.3) is 0 Å². The van der Waals surface area contributed by atoms with Crippen LogP contribution in [0.3, 0.4) is 0 Å². The molecular weight excluding hydrogens is 378 g/mol. The number of para-hydroxylation sites is 1. The summed E-state index contributed by atoms with van der Waals surface area (Å²) in [5.41, 5.74) is 1.63. The van der Waals surface area contributed by atoms with Gasteiger partial charge in [-0.3, -0.25) is 9.59 Å². The Morgan fingerprint density at radius 1 is 0.933 bits per heavy atom. The number of rotatable bonds is 7. The van der Waals surface area contributed by atoms with Crippen LogP contribution in [0.5, 0.6) is 5.75 Å². The predicted octanol–water partition coefficient (Wildman–Crippen LogP) is 3.56. The zero-order valence-electron chi connectivity index (χ0n) is 17.7. The number of carbonyl (C=O) groups is 2. The first kappa shape index (κ1) is 21.8. The molecule has 0 unspecified atom stereocenters. The van der Waals surface area contributed by atoms with Gasteiger partial charge in [-0.25, -0.2) is 0 Å². The molecule has 160 valence electrons. The normalized spacial score (nSPS) is 15.0. The van der Waals surface area contributed by atoms with Crippen LogP contribution in [0.15, 0.2) is 48.5 Å². The van der Waals surface area contributed by atoms with Crippen molar-refractivity contribution in [2.75, 3.05) is 24.3 Å². The summed E-state index contributed by atoms with van der Waals surface area (Å²) in [6, 6.07) is 14.7. The number of nitrogens with two attached hydrogens (primary N) is 1. The number of hydrogen-bond acceptors (Lipinski definition) is 3. The monoisotopic (exact) mass is 410 g/mol. The van der Waals surface area contributed by atoms with E-state index in [0.29, 0.717) is 29.5 Å². The lowest BCUT2D eigenvalue weighted by atomic mass is 9.97. The average molecular weight is 411 g/mol. The first-order valence-electron chi connectivity index (χ1n) is 10.8. The number of methoxy groups -OCH3 is 1. The van der Waals surface area contributed by atoms with Crippen molar-refractivity contribution in [3.05, 3.63) is 54.1 Å². The molecule has 0 heterocycles. The summed E-state index contributed by atoms with van der Waals surface area (Å²) in [4.78, 5) is 25.3. The minimum Gasteiger partial charge on any atom is -0.497 e. The van der Waals surface area contributed by atoms with E-state index in [1.165, 1.54) is 44.9 Å². The van der Waals surface area contributed by atoms with Gasteiger partial charge < -0.3 is 20.7 Å². The van der Waals surface area contributed by atoms with Gasteiger partial charge in [0.2, 0.25) is 0 Å². The number of nitrogens with one attached hydrogen (secondary N) is 2. The van der Waals surface area contributed by atoms with E-state index in [2.05, 4.69) is 16.0 Å². The molecule has 2 amide bonds. The lowest BCUT2D eigenvalue weighted by Gasteiger charge is -2.18. The number of anilines is 2. The second kappa shape index (κ2) is 11.4. The van der Waals surface area contributed by atoms with Crippen molar-refractivity contribution in [2.24, 2.45) is 0 Å². The Labute approximate surface area is 178 Å². The Balaban J connectivity index is 1.56. The fourth-order valence-corrected chi connectivity index (χ4v) is 3.86. The molecule has 3 rings (SSSR count). The van der Waals surface area contributed by atoms with Gasteiger partial charge in [0.15, 0.2) is 6.54 Å². The largest absolute Gasteiger partial charge is 0.497 e. The minimum absolute atomic E-state index is 0.0817. The quantitative estimate of drug-likeness (QED) is 0.653. The van der Waals surface area contributed by atoms with Gasteiger partial charge >= 0.3 is 0 Å². The summed E-state index contributed by atoms with van der Waals surface area (Å²) in [5.74, 6) is 0.378. The lowest BCUT2D eigenvalue weighted by molar-refractivity contribution is -0.680. The van der Waals surface area contributed by atoms with Crippen molar-refractivity contribution < 1.29 is 19.6 Å². The molecule has 0 aliphatic heterocycles. The number of hydrogen-bond donors (Lipinski definition) is 3. The van der Waals surface area contributed by atoms with E-state index in [1.54, 1.807) is 49.6 Å². The molecule has 30 heavy (non-hydrogen) atoms.